The number of fused-ring (bicyclic) bond motifs is 2. The minimum Gasteiger partial charge on any atom is -0.340 e. The molecule has 4 aromatic rings. The van der Waals surface area contributed by atoms with Crippen LogP contribution >= 0.6 is 0 Å². The molecule has 6 rings (SSSR count). The van der Waals surface area contributed by atoms with Crippen LogP contribution in [0.1, 0.15) is 30.0 Å². The van der Waals surface area contributed by atoms with Crippen molar-refractivity contribution in [1.29, 1.82) is 0 Å². The second kappa shape index (κ2) is 7.91. The van der Waals surface area contributed by atoms with Crippen molar-refractivity contribution >= 4 is 34.0 Å². The van der Waals surface area contributed by atoms with E-state index in [1.807, 2.05) is 31.3 Å². The van der Waals surface area contributed by atoms with Gasteiger partial charge in [0.05, 0.1) is 11.7 Å². The molecule has 2 aromatic heterocycles. The summed E-state index contributed by atoms with van der Waals surface area (Å²) in [5, 5.41) is 15.2. The fourth-order valence-electron chi connectivity index (χ4n) is 5.16. The van der Waals surface area contributed by atoms with Gasteiger partial charge in [-0.2, -0.15) is 10.1 Å². The second-order valence-electron chi connectivity index (χ2n) is 8.87. The van der Waals surface area contributed by atoms with E-state index in [4.69, 9.17) is 9.97 Å². The highest BCUT2D eigenvalue weighted by Gasteiger charge is 2.36. The summed E-state index contributed by atoms with van der Waals surface area (Å²) in [5.41, 5.74) is 5.61. The van der Waals surface area contributed by atoms with E-state index in [0.717, 1.165) is 53.7 Å². The van der Waals surface area contributed by atoms with E-state index in [0.29, 0.717) is 11.8 Å². The van der Waals surface area contributed by atoms with Crippen molar-refractivity contribution in [2.24, 2.45) is 5.92 Å². The van der Waals surface area contributed by atoms with Crippen molar-refractivity contribution < 1.29 is 0 Å². The molecule has 2 aliphatic heterocycles. The molecule has 0 amide bonds. The highest BCUT2D eigenvalue weighted by molar-refractivity contribution is 5.82. The van der Waals surface area contributed by atoms with Gasteiger partial charge in [-0.3, -0.25) is 5.10 Å². The van der Waals surface area contributed by atoms with Gasteiger partial charge in [-0.05, 0) is 68.6 Å². The Bertz CT molecular complexity index is 1260. The summed E-state index contributed by atoms with van der Waals surface area (Å²) in [6.45, 7) is 5.18. The predicted molar refractivity (Wildman–Crippen MR) is 128 cm³/mol. The molecule has 7 nitrogen and oxygen atoms in total. The number of anilines is 4. The first-order chi connectivity index (χ1) is 15.7. The Morgan fingerprint density at radius 1 is 1.09 bits per heavy atom. The molecule has 4 heterocycles. The lowest BCUT2D eigenvalue weighted by Crippen LogP contribution is -2.34. The molecule has 2 atom stereocenters. The zero-order valence-corrected chi connectivity index (χ0v) is 18.2. The smallest absolute Gasteiger partial charge is 0.232 e. The van der Waals surface area contributed by atoms with Crippen molar-refractivity contribution in [2.75, 3.05) is 29.9 Å². The molecular formula is C25H27N7. The number of para-hydroxylation sites is 1. The summed E-state index contributed by atoms with van der Waals surface area (Å²) in [7, 11) is 0. The standard InChI is InChI=1S/C25H27N7/c1-16-11-24(29-19-8-9-22-18(12-19)14-27-31-22)30-25(28-16)32-15-21(17-5-4-10-26-13-17)20-6-2-3-7-23(20)32/h2-3,6-9,11-12,14,17,21,26H,4-5,10,13,15H2,1H3,(H,27,31)(H,28,29,30). The summed E-state index contributed by atoms with van der Waals surface area (Å²) in [6, 6.07) is 16.9. The van der Waals surface area contributed by atoms with Crippen LogP contribution in [0.15, 0.2) is 54.7 Å². The minimum absolute atomic E-state index is 0.503. The van der Waals surface area contributed by atoms with Gasteiger partial charge in [-0.15, -0.1) is 0 Å². The molecule has 3 N–H and O–H groups in total. The van der Waals surface area contributed by atoms with Crippen LogP contribution in [0.4, 0.5) is 23.1 Å². The van der Waals surface area contributed by atoms with Gasteiger partial charge in [-0.25, -0.2) is 4.98 Å². The molecule has 0 saturated carbocycles. The first-order valence-electron chi connectivity index (χ1n) is 11.4. The van der Waals surface area contributed by atoms with Gasteiger partial charge in [0.25, 0.3) is 0 Å². The third-order valence-corrected chi connectivity index (χ3v) is 6.71. The fourth-order valence-corrected chi connectivity index (χ4v) is 5.16. The van der Waals surface area contributed by atoms with Crippen molar-refractivity contribution in [3.63, 3.8) is 0 Å². The van der Waals surface area contributed by atoms with E-state index in [-0.39, 0.29) is 0 Å². The third-order valence-electron chi connectivity index (χ3n) is 6.71. The summed E-state index contributed by atoms with van der Waals surface area (Å²) in [4.78, 5) is 12.0. The molecule has 0 radical (unpaired) electrons. The van der Waals surface area contributed by atoms with Crippen LogP contribution < -0.4 is 15.5 Å². The maximum absolute atomic E-state index is 4.92. The number of nitrogens with zero attached hydrogens (tertiary/aromatic N) is 4. The van der Waals surface area contributed by atoms with E-state index < -0.39 is 0 Å². The molecule has 0 bridgehead atoms. The van der Waals surface area contributed by atoms with Crippen LogP contribution in [-0.4, -0.2) is 39.8 Å². The van der Waals surface area contributed by atoms with Crippen LogP contribution in [0, 0.1) is 12.8 Å². The predicted octanol–water partition coefficient (Wildman–Crippen LogP) is 4.64. The highest BCUT2D eigenvalue weighted by Crippen LogP contribution is 2.44. The summed E-state index contributed by atoms with van der Waals surface area (Å²) < 4.78 is 0. The van der Waals surface area contributed by atoms with E-state index >= 15 is 0 Å². The van der Waals surface area contributed by atoms with Crippen LogP contribution in [0.5, 0.6) is 0 Å². The molecule has 32 heavy (non-hydrogen) atoms. The van der Waals surface area contributed by atoms with E-state index in [9.17, 15) is 0 Å². The average Bonchev–Trinajstić information content (AvgIpc) is 3.44. The second-order valence-corrected chi connectivity index (χ2v) is 8.87. The number of nitrogens with one attached hydrogen (secondary N) is 3. The quantitative estimate of drug-likeness (QED) is 0.442. The van der Waals surface area contributed by atoms with E-state index in [1.54, 1.807) is 0 Å². The van der Waals surface area contributed by atoms with Gasteiger partial charge in [0.15, 0.2) is 0 Å². The van der Waals surface area contributed by atoms with Crippen LogP contribution in [-0.2, 0) is 0 Å². The van der Waals surface area contributed by atoms with Crippen molar-refractivity contribution in [3.05, 3.63) is 66.0 Å². The van der Waals surface area contributed by atoms with Gasteiger partial charge in [0, 0.05) is 41.0 Å². The number of rotatable bonds is 4. The van der Waals surface area contributed by atoms with Gasteiger partial charge >= 0.3 is 0 Å². The summed E-state index contributed by atoms with van der Waals surface area (Å²) in [5.74, 6) is 2.72. The first-order valence-corrected chi connectivity index (χ1v) is 11.4. The molecule has 2 aromatic carbocycles. The Kier molecular flexibility index (Phi) is 4.76. The van der Waals surface area contributed by atoms with Gasteiger partial charge in [-0.1, -0.05) is 18.2 Å². The lowest BCUT2D eigenvalue weighted by Gasteiger charge is -2.28. The Morgan fingerprint density at radius 3 is 2.94 bits per heavy atom. The Morgan fingerprint density at radius 2 is 2.03 bits per heavy atom. The van der Waals surface area contributed by atoms with Crippen LogP contribution in [0.2, 0.25) is 0 Å². The number of H-pyrrole nitrogens is 1. The lowest BCUT2D eigenvalue weighted by atomic mass is 9.83. The number of hydrogen-bond donors (Lipinski definition) is 3. The molecule has 7 heteroatoms. The number of hydrogen-bond acceptors (Lipinski definition) is 6. The summed E-state index contributed by atoms with van der Waals surface area (Å²) >= 11 is 0. The van der Waals surface area contributed by atoms with Crippen molar-refractivity contribution in [2.45, 2.75) is 25.7 Å². The molecule has 1 fully saturated rings. The SMILES string of the molecule is Cc1cc(Nc2ccc3[nH]ncc3c2)nc(N2CC(C3CCCNC3)c3ccccc32)n1. The molecule has 1 saturated heterocycles. The lowest BCUT2D eigenvalue weighted by molar-refractivity contribution is 0.331. The van der Waals surface area contributed by atoms with Crippen LogP contribution in [0.25, 0.3) is 10.9 Å². The summed E-state index contributed by atoms with van der Waals surface area (Å²) in [6.07, 6.45) is 4.36. The normalized spacial score (nSPS) is 20.5. The van der Waals surface area contributed by atoms with Gasteiger partial charge < -0.3 is 15.5 Å². The first kappa shape index (κ1) is 19.3. The Labute approximate surface area is 187 Å². The van der Waals surface area contributed by atoms with E-state index in [2.05, 4.69) is 56.1 Å². The molecule has 0 aliphatic carbocycles. The number of aryl methyl sites for hydroxylation is 1. The third kappa shape index (κ3) is 3.48. The number of aromatic nitrogens is 4. The van der Waals surface area contributed by atoms with Gasteiger partial charge in [0.2, 0.25) is 5.95 Å². The largest absolute Gasteiger partial charge is 0.340 e. The molecule has 0 spiro atoms. The topological polar surface area (TPSA) is 81.8 Å². The maximum Gasteiger partial charge on any atom is 0.232 e. The number of benzene rings is 2. The molecule has 162 valence electrons. The molecule has 2 unspecified atom stereocenters. The Hall–Kier alpha value is -3.45. The number of piperidine rings is 1. The zero-order chi connectivity index (χ0) is 21.5. The Balaban J connectivity index is 1.32. The van der Waals surface area contributed by atoms with Gasteiger partial charge in [0.1, 0.15) is 5.82 Å². The number of aromatic amines is 1. The minimum atomic E-state index is 0.503. The average molecular weight is 426 g/mol. The fraction of sp³-hybridized carbons (Fsp3) is 0.320. The maximum atomic E-state index is 4.92. The zero-order valence-electron chi connectivity index (χ0n) is 18.2. The van der Waals surface area contributed by atoms with Crippen LogP contribution in [0.3, 0.4) is 0 Å². The van der Waals surface area contributed by atoms with Crippen molar-refractivity contribution in [1.82, 2.24) is 25.5 Å². The van der Waals surface area contributed by atoms with Crippen molar-refractivity contribution in [3.8, 4) is 0 Å². The monoisotopic (exact) mass is 425 g/mol. The van der Waals surface area contributed by atoms with E-state index in [1.165, 1.54) is 24.1 Å². The highest BCUT2D eigenvalue weighted by atomic mass is 15.3. The molecule has 2 aliphatic rings. The molecular weight excluding hydrogens is 398 g/mol.